The molecule has 100 valence electrons. The predicted octanol–water partition coefficient (Wildman–Crippen LogP) is 2.73. The van der Waals surface area contributed by atoms with Crippen molar-refractivity contribution in [2.24, 2.45) is 11.5 Å². The zero-order valence-corrected chi connectivity index (χ0v) is 11.3. The highest BCUT2D eigenvalue weighted by Crippen LogP contribution is 2.16. The minimum absolute atomic E-state index is 0.0252. The first-order valence-electron chi connectivity index (χ1n) is 6.69. The average molecular weight is 255 g/mol. The second kappa shape index (κ2) is 6.45. The van der Waals surface area contributed by atoms with Gasteiger partial charge in [-0.3, -0.25) is 4.98 Å². The molecular formula is C16H21N3. The highest BCUT2D eigenvalue weighted by atomic mass is 14.8. The SMILES string of the molecule is C[C@@H](N)c1cccc(CC[C@H](N)c2ccccc2)n1. The summed E-state index contributed by atoms with van der Waals surface area (Å²) >= 11 is 0. The summed E-state index contributed by atoms with van der Waals surface area (Å²) in [6.07, 6.45) is 1.76. The Bertz CT molecular complexity index is 508. The van der Waals surface area contributed by atoms with Crippen LogP contribution in [0.4, 0.5) is 0 Å². The molecule has 0 bridgehead atoms. The molecule has 0 amide bonds. The van der Waals surface area contributed by atoms with Gasteiger partial charge in [0, 0.05) is 17.8 Å². The van der Waals surface area contributed by atoms with Crippen LogP contribution in [0.15, 0.2) is 48.5 Å². The van der Waals surface area contributed by atoms with Gasteiger partial charge in [-0.1, -0.05) is 36.4 Å². The van der Waals surface area contributed by atoms with Crippen molar-refractivity contribution in [2.75, 3.05) is 0 Å². The van der Waals surface area contributed by atoms with Crippen molar-refractivity contribution >= 4 is 0 Å². The Labute approximate surface area is 114 Å². The Hall–Kier alpha value is -1.71. The van der Waals surface area contributed by atoms with Gasteiger partial charge >= 0.3 is 0 Å². The Balaban J connectivity index is 1.97. The van der Waals surface area contributed by atoms with Gasteiger partial charge in [-0.15, -0.1) is 0 Å². The van der Waals surface area contributed by atoms with Gasteiger partial charge in [0.25, 0.3) is 0 Å². The summed E-state index contributed by atoms with van der Waals surface area (Å²) in [5.41, 5.74) is 15.2. The fourth-order valence-electron chi connectivity index (χ4n) is 2.06. The van der Waals surface area contributed by atoms with Crippen molar-refractivity contribution in [3.8, 4) is 0 Å². The molecule has 0 aliphatic rings. The minimum atomic E-state index is -0.0252. The van der Waals surface area contributed by atoms with E-state index in [1.807, 2.05) is 43.3 Å². The summed E-state index contributed by atoms with van der Waals surface area (Å²) in [5, 5.41) is 0. The van der Waals surface area contributed by atoms with E-state index in [9.17, 15) is 0 Å². The standard InChI is InChI=1S/C16H21N3/c1-12(17)16-9-5-8-14(19-16)10-11-15(18)13-6-3-2-4-7-13/h2-9,12,15H,10-11,17-18H2,1H3/t12-,15+/m1/s1. The third-order valence-electron chi connectivity index (χ3n) is 3.23. The molecule has 4 N–H and O–H groups in total. The fourth-order valence-corrected chi connectivity index (χ4v) is 2.06. The Morgan fingerprint density at radius 1 is 1.00 bits per heavy atom. The van der Waals surface area contributed by atoms with Crippen LogP contribution in [0.3, 0.4) is 0 Å². The molecule has 0 spiro atoms. The number of hydrogen-bond acceptors (Lipinski definition) is 3. The van der Waals surface area contributed by atoms with E-state index >= 15 is 0 Å². The monoisotopic (exact) mass is 255 g/mol. The maximum atomic E-state index is 6.19. The van der Waals surface area contributed by atoms with Gasteiger partial charge in [0.05, 0.1) is 5.69 Å². The predicted molar refractivity (Wildman–Crippen MR) is 78.5 cm³/mol. The van der Waals surface area contributed by atoms with Crippen LogP contribution in [0.2, 0.25) is 0 Å². The Kier molecular flexibility index (Phi) is 4.66. The molecule has 2 rings (SSSR count). The molecule has 0 radical (unpaired) electrons. The zero-order valence-electron chi connectivity index (χ0n) is 11.3. The summed E-state index contributed by atoms with van der Waals surface area (Å²) in [6.45, 7) is 1.95. The van der Waals surface area contributed by atoms with Gasteiger partial charge in [-0.25, -0.2) is 0 Å². The van der Waals surface area contributed by atoms with Crippen LogP contribution in [-0.4, -0.2) is 4.98 Å². The summed E-state index contributed by atoms with van der Waals surface area (Å²) in [6, 6.07) is 16.2. The van der Waals surface area contributed by atoms with Crippen molar-refractivity contribution in [1.29, 1.82) is 0 Å². The molecular weight excluding hydrogens is 234 g/mol. The number of hydrogen-bond donors (Lipinski definition) is 2. The van der Waals surface area contributed by atoms with Gasteiger partial charge in [-0.2, -0.15) is 0 Å². The normalized spacial score (nSPS) is 14.1. The van der Waals surface area contributed by atoms with Crippen molar-refractivity contribution in [3.63, 3.8) is 0 Å². The smallest absolute Gasteiger partial charge is 0.0571 e. The van der Waals surface area contributed by atoms with Crippen LogP contribution >= 0.6 is 0 Å². The lowest BCUT2D eigenvalue weighted by Gasteiger charge is -2.12. The number of aromatic nitrogens is 1. The van der Waals surface area contributed by atoms with E-state index in [0.717, 1.165) is 24.2 Å². The van der Waals surface area contributed by atoms with Crippen molar-refractivity contribution < 1.29 is 0 Å². The molecule has 1 aromatic heterocycles. The van der Waals surface area contributed by atoms with Crippen LogP contribution in [0.5, 0.6) is 0 Å². The summed E-state index contributed by atoms with van der Waals surface area (Å²) < 4.78 is 0. The average Bonchev–Trinajstić information content (AvgIpc) is 2.46. The highest BCUT2D eigenvalue weighted by Gasteiger charge is 2.07. The Morgan fingerprint density at radius 3 is 2.42 bits per heavy atom. The fraction of sp³-hybridized carbons (Fsp3) is 0.312. The van der Waals surface area contributed by atoms with E-state index in [-0.39, 0.29) is 12.1 Å². The lowest BCUT2D eigenvalue weighted by Crippen LogP contribution is -2.12. The van der Waals surface area contributed by atoms with Gasteiger partial charge in [0.15, 0.2) is 0 Å². The van der Waals surface area contributed by atoms with Gasteiger partial charge in [0.1, 0.15) is 0 Å². The number of nitrogens with zero attached hydrogens (tertiary/aromatic N) is 1. The van der Waals surface area contributed by atoms with Crippen LogP contribution in [0.25, 0.3) is 0 Å². The molecule has 0 aliphatic carbocycles. The summed E-state index contributed by atoms with van der Waals surface area (Å²) in [4.78, 5) is 4.56. The Morgan fingerprint density at radius 2 is 1.74 bits per heavy atom. The molecule has 2 aromatic rings. The second-order valence-corrected chi connectivity index (χ2v) is 4.90. The molecule has 3 heteroatoms. The van der Waals surface area contributed by atoms with Crippen LogP contribution in [-0.2, 0) is 6.42 Å². The van der Waals surface area contributed by atoms with E-state index in [1.165, 1.54) is 5.56 Å². The van der Waals surface area contributed by atoms with E-state index in [2.05, 4.69) is 17.1 Å². The molecule has 1 heterocycles. The third-order valence-corrected chi connectivity index (χ3v) is 3.23. The van der Waals surface area contributed by atoms with Crippen LogP contribution in [0, 0.1) is 0 Å². The first-order valence-corrected chi connectivity index (χ1v) is 6.69. The molecule has 3 nitrogen and oxygen atoms in total. The van der Waals surface area contributed by atoms with Crippen LogP contribution < -0.4 is 11.5 Å². The second-order valence-electron chi connectivity index (χ2n) is 4.90. The molecule has 1 aromatic carbocycles. The van der Waals surface area contributed by atoms with E-state index in [1.54, 1.807) is 0 Å². The highest BCUT2D eigenvalue weighted by molar-refractivity contribution is 5.19. The lowest BCUT2D eigenvalue weighted by molar-refractivity contribution is 0.639. The third kappa shape index (κ3) is 3.88. The number of benzene rings is 1. The van der Waals surface area contributed by atoms with Crippen LogP contribution in [0.1, 0.15) is 42.4 Å². The van der Waals surface area contributed by atoms with E-state index < -0.39 is 0 Å². The van der Waals surface area contributed by atoms with Crippen molar-refractivity contribution in [2.45, 2.75) is 31.8 Å². The molecule has 0 saturated carbocycles. The summed E-state index contributed by atoms with van der Waals surface area (Å²) in [7, 11) is 0. The quantitative estimate of drug-likeness (QED) is 0.863. The maximum absolute atomic E-state index is 6.19. The molecule has 2 atom stereocenters. The van der Waals surface area contributed by atoms with Gasteiger partial charge in [0.2, 0.25) is 0 Å². The topological polar surface area (TPSA) is 64.9 Å². The van der Waals surface area contributed by atoms with E-state index in [0.29, 0.717) is 0 Å². The number of rotatable bonds is 5. The minimum Gasteiger partial charge on any atom is -0.324 e. The lowest BCUT2D eigenvalue weighted by atomic mass is 10.0. The van der Waals surface area contributed by atoms with Crippen molar-refractivity contribution in [1.82, 2.24) is 4.98 Å². The first kappa shape index (κ1) is 13.7. The van der Waals surface area contributed by atoms with Gasteiger partial charge < -0.3 is 11.5 Å². The van der Waals surface area contributed by atoms with Crippen molar-refractivity contribution in [3.05, 3.63) is 65.5 Å². The zero-order chi connectivity index (χ0) is 13.7. The first-order chi connectivity index (χ1) is 9.16. The molecule has 0 fully saturated rings. The van der Waals surface area contributed by atoms with Gasteiger partial charge in [-0.05, 0) is 37.5 Å². The molecule has 0 unspecified atom stereocenters. The molecule has 0 saturated heterocycles. The molecule has 0 aliphatic heterocycles. The van der Waals surface area contributed by atoms with E-state index in [4.69, 9.17) is 11.5 Å². The number of pyridine rings is 1. The maximum Gasteiger partial charge on any atom is 0.0571 e. The molecule has 19 heavy (non-hydrogen) atoms. The number of nitrogens with two attached hydrogens (primary N) is 2. The number of aryl methyl sites for hydroxylation is 1. The largest absolute Gasteiger partial charge is 0.324 e. The summed E-state index contributed by atoms with van der Waals surface area (Å²) in [5.74, 6) is 0.